The Morgan fingerprint density at radius 2 is 2.06 bits per heavy atom. The molecule has 3 nitrogen and oxygen atoms in total. The average Bonchev–Trinajstić information content (AvgIpc) is 2.28. The maximum Gasteiger partial charge on any atom is 0.332 e. The number of hydrogen-bond donors (Lipinski definition) is 0. The van der Waals surface area contributed by atoms with Gasteiger partial charge in [-0.2, -0.15) is 0 Å². The van der Waals surface area contributed by atoms with Crippen LogP contribution in [0.1, 0.15) is 12.5 Å². The SMILES string of the molecule is CCOC(=O)/C=C/N(C)Cc1ccccc1. The molecule has 0 aliphatic heterocycles. The summed E-state index contributed by atoms with van der Waals surface area (Å²) in [6.07, 6.45) is 3.16. The van der Waals surface area contributed by atoms with Crippen LogP contribution < -0.4 is 0 Å². The van der Waals surface area contributed by atoms with E-state index in [2.05, 4.69) is 12.1 Å². The summed E-state index contributed by atoms with van der Waals surface area (Å²) in [7, 11) is 1.92. The third-order valence-electron chi connectivity index (χ3n) is 2.03. The van der Waals surface area contributed by atoms with Gasteiger partial charge in [-0.3, -0.25) is 0 Å². The molecule has 1 aromatic carbocycles. The van der Waals surface area contributed by atoms with Gasteiger partial charge in [0.25, 0.3) is 0 Å². The van der Waals surface area contributed by atoms with Crippen molar-refractivity contribution in [1.29, 1.82) is 0 Å². The van der Waals surface area contributed by atoms with E-state index in [1.807, 2.05) is 30.1 Å². The molecular weight excluding hydrogens is 202 g/mol. The van der Waals surface area contributed by atoms with Crippen molar-refractivity contribution in [2.75, 3.05) is 13.7 Å². The molecule has 0 aliphatic carbocycles. The minimum absolute atomic E-state index is 0.303. The van der Waals surface area contributed by atoms with Crippen LogP contribution in [0.15, 0.2) is 42.6 Å². The first kappa shape index (κ1) is 12.3. The zero-order valence-electron chi connectivity index (χ0n) is 9.72. The Hall–Kier alpha value is -1.77. The number of rotatable bonds is 5. The monoisotopic (exact) mass is 219 g/mol. The first-order chi connectivity index (χ1) is 7.72. The molecule has 16 heavy (non-hydrogen) atoms. The molecule has 0 bridgehead atoms. The zero-order chi connectivity index (χ0) is 11.8. The van der Waals surface area contributed by atoms with E-state index in [0.29, 0.717) is 6.61 Å². The number of nitrogens with zero attached hydrogens (tertiary/aromatic N) is 1. The molecule has 0 spiro atoms. The van der Waals surface area contributed by atoms with Gasteiger partial charge < -0.3 is 9.64 Å². The Kier molecular flexibility index (Phi) is 5.12. The van der Waals surface area contributed by atoms with Crippen molar-refractivity contribution in [3.05, 3.63) is 48.2 Å². The summed E-state index contributed by atoms with van der Waals surface area (Å²) in [5.41, 5.74) is 1.21. The molecule has 0 aliphatic rings. The van der Waals surface area contributed by atoms with Gasteiger partial charge in [0.2, 0.25) is 0 Å². The topological polar surface area (TPSA) is 29.5 Å². The van der Waals surface area contributed by atoms with Gasteiger partial charge in [-0.05, 0) is 12.5 Å². The summed E-state index contributed by atoms with van der Waals surface area (Å²) in [4.78, 5) is 13.0. The van der Waals surface area contributed by atoms with Crippen LogP contribution in [-0.2, 0) is 16.1 Å². The molecule has 1 rings (SSSR count). The summed E-state index contributed by atoms with van der Waals surface area (Å²) in [6.45, 7) is 2.97. The molecule has 0 amide bonds. The van der Waals surface area contributed by atoms with E-state index in [1.54, 1.807) is 13.1 Å². The Morgan fingerprint density at radius 1 is 1.38 bits per heavy atom. The first-order valence-electron chi connectivity index (χ1n) is 5.31. The van der Waals surface area contributed by atoms with Crippen LogP contribution in [0, 0.1) is 0 Å². The number of carbonyl (C=O) groups excluding carboxylic acids is 1. The number of esters is 1. The van der Waals surface area contributed by atoms with Crippen LogP contribution >= 0.6 is 0 Å². The molecule has 86 valence electrons. The second kappa shape index (κ2) is 6.67. The minimum Gasteiger partial charge on any atom is -0.463 e. The zero-order valence-corrected chi connectivity index (χ0v) is 9.72. The van der Waals surface area contributed by atoms with Gasteiger partial charge >= 0.3 is 5.97 Å². The van der Waals surface area contributed by atoms with Crippen molar-refractivity contribution in [3.63, 3.8) is 0 Å². The fourth-order valence-corrected chi connectivity index (χ4v) is 1.30. The van der Waals surface area contributed by atoms with E-state index in [1.165, 1.54) is 11.6 Å². The van der Waals surface area contributed by atoms with Gasteiger partial charge in [0.1, 0.15) is 0 Å². The number of carbonyl (C=O) groups is 1. The number of benzene rings is 1. The molecule has 1 aromatic rings. The van der Waals surface area contributed by atoms with Crippen LogP contribution in [0.3, 0.4) is 0 Å². The summed E-state index contributed by atoms with van der Waals surface area (Å²) >= 11 is 0. The Balaban J connectivity index is 2.41. The highest BCUT2D eigenvalue weighted by atomic mass is 16.5. The molecular formula is C13H17NO2. The highest BCUT2D eigenvalue weighted by Crippen LogP contribution is 2.02. The van der Waals surface area contributed by atoms with Crippen molar-refractivity contribution in [2.45, 2.75) is 13.5 Å². The molecule has 0 aromatic heterocycles. The van der Waals surface area contributed by atoms with E-state index in [9.17, 15) is 4.79 Å². The lowest BCUT2D eigenvalue weighted by Crippen LogP contribution is -2.11. The van der Waals surface area contributed by atoms with Crippen molar-refractivity contribution < 1.29 is 9.53 Å². The van der Waals surface area contributed by atoms with Gasteiger partial charge in [-0.25, -0.2) is 4.79 Å². The van der Waals surface area contributed by atoms with Crippen LogP contribution in [0.5, 0.6) is 0 Å². The molecule has 0 saturated heterocycles. The second-order valence-corrected chi connectivity index (χ2v) is 3.47. The lowest BCUT2D eigenvalue weighted by atomic mass is 10.2. The third-order valence-corrected chi connectivity index (χ3v) is 2.03. The first-order valence-corrected chi connectivity index (χ1v) is 5.31. The molecule has 0 fully saturated rings. The van der Waals surface area contributed by atoms with Gasteiger partial charge in [0, 0.05) is 25.9 Å². The van der Waals surface area contributed by atoms with E-state index >= 15 is 0 Å². The van der Waals surface area contributed by atoms with Crippen molar-refractivity contribution in [2.24, 2.45) is 0 Å². The largest absolute Gasteiger partial charge is 0.463 e. The lowest BCUT2D eigenvalue weighted by Gasteiger charge is -2.13. The van der Waals surface area contributed by atoms with E-state index < -0.39 is 0 Å². The molecule has 0 saturated carbocycles. The summed E-state index contributed by atoms with van der Waals surface area (Å²) < 4.78 is 4.79. The number of ether oxygens (including phenoxy) is 1. The molecule has 3 heteroatoms. The normalized spacial score (nSPS) is 10.4. The smallest absolute Gasteiger partial charge is 0.332 e. The Morgan fingerprint density at radius 3 is 2.69 bits per heavy atom. The highest BCUT2D eigenvalue weighted by molar-refractivity contribution is 5.81. The molecule has 0 heterocycles. The summed E-state index contributed by atoms with van der Waals surface area (Å²) in [6, 6.07) is 10.1. The van der Waals surface area contributed by atoms with Crippen molar-refractivity contribution in [1.82, 2.24) is 4.90 Å². The van der Waals surface area contributed by atoms with Gasteiger partial charge in [0.05, 0.1) is 6.61 Å². The molecule has 0 unspecified atom stereocenters. The van der Waals surface area contributed by atoms with Crippen LogP contribution in [0.2, 0.25) is 0 Å². The summed E-state index contributed by atoms with van der Waals surface area (Å²) in [5, 5.41) is 0. The highest BCUT2D eigenvalue weighted by Gasteiger charge is 1.97. The quantitative estimate of drug-likeness (QED) is 0.561. The molecule has 0 radical (unpaired) electrons. The lowest BCUT2D eigenvalue weighted by molar-refractivity contribution is -0.137. The average molecular weight is 219 g/mol. The maximum absolute atomic E-state index is 11.1. The standard InChI is InChI=1S/C13H17NO2/c1-3-16-13(15)9-10-14(2)11-12-7-5-4-6-8-12/h4-10H,3,11H2,1-2H3/b10-9+. The summed E-state index contributed by atoms with van der Waals surface area (Å²) in [5.74, 6) is -0.303. The molecule has 0 N–H and O–H groups in total. The van der Waals surface area contributed by atoms with Crippen LogP contribution in [0.25, 0.3) is 0 Å². The predicted octanol–water partition coefficient (Wildman–Crippen LogP) is 2.20. The van der Waals surface area contributed by atoms with Crippen molar-refractivity contribution >= 4 is 5.97 Å². The van der Waals surface area contributed by atoms with E-state index in [-0.39, 0.29) is 5.97 Å². The van der Waals surface area contributed by atoms with E-state index in [0.717, 1.165) is 6.54 Å². The van der Waals surface area contributed by atoms with Crippen LogP contribution in [-0.4, -0.2) is 24.5 Å². The fraction of sp³-hybridized carbons (Fsp3) is 0.308. The molecule has 0 atom stereocenters. The third kappa shape index (κ3) is 4.64. The second-order valence-electron chi connectivity index (χ2n) is 3.47. The minimum atomic E-state index is -0.303. The van der Waals surface area contributed by atoms with Crippen molar-refractivity contribution in [3.8, 4) is 0 Å². The van der Waals surface area contributed by atoms with Gasteiger partial charge in [-0.1, -0.05) is 30.3 Å². The fourth-order valence-electron chi connectivity index (χ4n) is 1.30. The van der Waals surface area contributed by atoms with Gasteiger partial charge in [0.15, 0.2) is 0 Å². The van der Waals surface area contributed by atoms with Crippen LogP contribution in [0.4, 0.5) is 0 Å². The number of hydrogen-bond acceptors (Lipinski definition) is 3. The maximum atomic E-state index is 11.1. The van der Waals surface area contributed by atoms with E-state index in [4.69, 9.17) is 4.74 Å². The van der Waals surface area contributed by atoms with Gasteiger partial charge in [-0.15, -0.1) is 0 Å². The Labute approximate surface area is 96.3 Å². The Bertz CT molecular complexity index is 346. The predicted molar refractivity (Wildman–Crippen MR) is 63.7 cm³/mol.